The molecule has 3 aromatic rings. The van der Waals surface area contributed by atoms with E-state index in [4.69, 9.17) is 4.74 Å². The molecule has 1 aromatic heterocycles. The Morgan fingerprint density at radius 1 is 1.09 bits per heavy atom. The van der Waals surface area contributed by atoms with Crippen molar-refractivity contribution in [3.63, 3.8) is 0 Å². The highest BCUT2D eigenvalue weighted by Crippen LogP contribution is 2.34. The van der Waals surface area contributed by atoms with Crippen molar-refractivity contribution >= 4 is 10.9 Å². The van der Waals surface area contributed by atoms with Crippen LogP contribution < -0.4 is 10.4 Å². The summed E-state index contributed by atoms with van der Waals surface area (Å²) in [5.74, 6) is -0.0126. The van der Waals surface area contributed by atoms with Crippen LogP contribution in [0.15, 0.2) is 53.3 Å². The summed E-state index contributed by atoms with van der Waals surface area (Å²) >= 11 is 0. The lowest BCUT2D eigenvalue weighted by Crippen LogP contribution is -2.22. The van der Waals surface area contributed by atoms with Gasteiger partial charge in [-0.3, -0.25) is 0 Å². The van der Waals surface area contributed by atoms with E-state index in [1.165, 1.54) is 0 Å². The number of halogens is 3. The molecule has 0 fully saturated rings. The Labute approximate surface area is 127 Å². The first-order chi connectivity index (χ1) is 10.9. The summed E-state index contributed by atoms with van der Waals surface area (Å²) in [5.41, 5.74) is -2.13. The molecule has 0 aliphatic carbocycles. The fourth-order valence-corrected chi connectivity index (χ4v) is 2.04. The van der Waals surface area contributed by atoms with Gasteiger partial charge >= 0.3 is 11.9 Å². The molecular formula is C15H9F3N2O3. The predicted octanol–water partition coefficient (Wildman–Crippen LogP) is 3.44. The zero-order valence-electron chi connectivity index (χ0n) is 11.4. The second kappa shape index (κ2) is 5.31. The van der Waals surface area contributed by atoms with E-state index in [0.717, 1.165) is 18.2 Å². The van der Waals surface area contributed by atoms with E-state index in [1.807, 2.05) is 0 Å². The quantitative estimate of drug-likeness (QED) is 0.734. The lowest BCUT2D eigenvalue weighted by molar-refractivity contribution is -0.137. The van der Waals surface area contributed by atoms with Gasteiger partial charge in [0.2, 0.25) is 5.88 Å². The summed E-state index contributed by atoms with van der Waals surface area (Å²) in [7, 11) is 0. The largest absolute Gasteiger partial charge is 0.438 e. The number of fused-ring (bicyclic) bond motifs is 1. The maximum absolute atomic E-state index is 12.9. The molecule has 0 spiro atoms. The molecule has 0 saturated heterocycles. The Kier molecular flexibility index (Phi) is 3.44. The Bertz CT molecular complexity index is 921. The van der Waals surface area contributed by atoms with E-state index in [2.05, 4.69) is 4.98 Å². The van der Waals surface area contributed by atoms with Crippen molar-refractivity contribution in [2.75, 3.05) is 0 Å². The van der Waals surface area contributed by atoms with E-state index in [-0.39, 0.29) is 21.5 Å². The Morgan fingerprint density at radius 2 is 1.78 bits per heavy atom. The molecule has 0 atom stereocenters. The van der Waals surface area contributed by atoms with Crippen molar-refractivity contribution < 1.29 is 23.1 Å². The third-order valence-electron chi connectivity index (χ3n) is 3.12. The van der Waals surface area contributed by atoms with Gasteiger partial charge in [-0.25, -0.2) is 4.79 Å². The van der Waals surface area contributed by atoms with Gasteiger partial charge in [-0.2, -0.15) is 18.2 Å². The average Bonchev–Trinajstić information content (AvgIpc) is 2.52. The monoisotopic (exact) mass is 322 g/mol. The lowest BCUT2D eigenvalue weighted by atomic mass is 10.1. The topological polar surface area (TPSA) is 64.3 Å². The van der Waals surface area contributed by atoms with Crippen LogP contribution in [0.2, 0.25) is 0 Å². The van der Waals surface area contributed by atoms with Crippen LogP contribution in [-0.4, -0.2) is 14.9 Å². The molecule has 1 N–H and O–H groups in total. The van der Waals surface area contributed by atoms with E-state index in [0.29, 0.717) is 5.75 Å². The third kappa shape index (κ3) is 2.83. The molecule has 23 heavy (non-hydrogen) atoms. The van der Waals surface area contributed by atoms with Crippen LogP contribution in [0, 0.1) is 0 Å². The SMILES string of the molecule is O=c1nc(Oc2ccccc2)c2cc(C(F)(F)F)ccc2n1O. The zero-order valence-corrected chi connectivity index (χ0v) is 11.4. The minimum absolute atomic E-state index is 0.134. The van der Waals surface area contributed by atoms with E-state index in [1.54, 1.807) is 30.3 Å². The third-order valence-corrected chi connectivity index (χ3v) is 3.12. The van der Waals surface area contributed by atoms with Gasteiger partial charge in [0.05, 0.1) is 16.5 Å². The molecule has 0 radical (unpaired) electrons. The summed E-state index contributed by atoms with van der Waals surface area (Å²) in [6, 6.07) is 10.7. The molecule has 0 aliphatic heterocycles. The maximum atomic E-state index is 12.9. The van der Waals surface area contributed by atoms with Crippen molar-refractivity contribution in [3.8, 4) is 11.6 Å². The standard InChI is InChI=1S/C15H9F3N2O3/c16-15(17,18)9-6-7-12-11(8-9)13(19-14(21)20(12)22)23-10-4-2-1-3-5-10/h1-8,22H. The number of hydrogen-bond acceptors (Lipinski definition) is 4. The first-order valence-corrected chi connectivity index (χ1v) is 6.42. The molecule has 1 heterocycles. The Hall–Kier alpha value is -3.03. The van der Waals surface area contributed by atoms with Crippen molar-refractivity contribution in [1.82, 2.24) is 9.71 Å². The molecule has 0 saturated carbocycles. The molecule has 3 rings (SSSR count). The molecule has 118 valence electrons. The van der Waals surface area contributed by atoms with Crippen molar-refractivity contribution in [2.24, 2.45) is 0 Å². The molecule has 0 aliphatic rings. The van der Waals surface area contributed by atoms with Gasteiger partial charge in [0.15, 0.2) is 0 Å². The second-order valence-corrected chi connectivity index (χ2v) is 4.66. The van der Waals surface area contributed by atoms with Crippen LogP contribution in [0.5, 0.6) is 11.6 Å². The number of ether oxygens (including phenoxy) is 1. The molecule has 0 unspecified atom stereocenters. The average molecular weight is 322 g/mol. The van der Waals surface area contributed by atoms with E-state index < -0.39 is 17.4 Å². The van der Waals surface area contributed by atoms with Crippen LogP contribution >= 0.6 is 0 Å². The molecular weight excluding hydrogens is 313 g/mol. The van der Waals surface area contributed by atoms with Gasteiger partial charge in [-0.05, 0) is 30.3 Å². The number of nitrogens with zero attached hydrogens (tertiary/aromatic N) is 2. The minimum atomic E-state index is -4.57. The lowest BCUT2D eigenvalue weighted by Gasteiger charge is -2.12. The van der Waals surface area contributed by atoms with Crippen LogP contribution in [0.3, 0.4) is 0 Å². The van der Waals surface area contributed by atoms with Crippen LogP contribution in [-0.2, 0) is 6.18 Å². The van der Waals surface area contributed by atoms with Gasteiger partial charge in [0.1, 0.15) is 5.75 Å². The van der Waals surface area contributed by atoms with E-state index in [9.17, 15) is 23.2 Å². The molecule has 8 heteroatoms. The van der Waals surface area contributed by atoms with Crippen LogP contribution in [0.1, 0.15) is 5.56 Å². The number of rotatable bonds is 2. The Morgan fingerprint density at radius 3 is 2.43 bits per heavy atom. The number of aromatic nitrogens is 2. The Balaban J connectivity index is 2.23. The predicted molar refractivity (Wildman–Crippen MR) is 74.7 cm³/mol. The molecule has 0 amide bonds. The zero-order chi connectivity index (χ0) is 16.6. The van der Waals surface area contributed by atoms with Crippen LogP contribution in [0.25, 0.3) is 10.9 Å². The normalized spacial score (nSPS) is 11.6. The van der Waals surface area contributed by atoms with Crippen molar-refractivity contribution in [3.05, 3.63) is 64.6 Å². The molecule has 0 bridgehead atoms. The van der Waals surface area contributed by atoms with Gasteiger partial charge in [-0.1, -0.05) is 18.2 Å². The maximum Gasteiger partial charge on any atom is 0.416 e. The number of hydrogen-bond donors (Lipinski definition) is 1. The molecule has 2 aromatic carbocycles. The highest BCUT2D eigenvalue weighted by molar-refractivity contribution is 5.84. The summed E-state index contributed by atoms with van der Waals surface area (Å²) in [6.45, 7) is 0. The van der Waals surface area contributed by atoms with E-state index >= 15 is 0 Å². The summed E-state index contributed by atoms with van der Waals surface area (Å²) in [4.78, 5) is 15.1. The summed E-state index contributed by atoms with van der Waals surface area (Å²) in [6.07, 6.45) is -4.57. The van der Waals surface area contributed by atoms with Gasteiger partial charge in [0, 0.05) is 0 Å². The first kappa shape index (κ1) is 14.9. The fourth-order valence-electron chi connectivity index (χ4n) is 2.04. The first-order valence-electron chi connectivity index (χ1n) is 6.42. The number of alkyl halides is 3. The van der Waals surface area contributed by atoms with Crippen molar-refractivity contribution in [2.45, 2.75) is 6.18 Å². The minimum Gasteiger partial charge on any atom is -0.438 e. The number of para-hydroxylation sites is 1. The second-order valence-electron chi connectivity index (χ2n) is 4.66. The highest BCUT2D eigenvalue weighted by Gasteiger charge is 2.31. The molecule has 5 nitrogen and oxygen atoms in total. The van der Waals surface area contributed by atoms with Crippen molar-refractivity contribution in [1.29, 1.82) is 0 Å². The summed E-state index contributed by atoms with van der Waals surface area (Å²) in [5, 5.41) is 9.51. The van der Waals surface area contributed by atoms with Crippen LogP contribution in [0.4, 0.5) is 13.2 Å². The highest BCUT2D eigenvalue weighted by atomic mass is 19.4. The summed E-state index contributed by atoms with van der Waals surface area (Å²) < 4.78 is 44.2. The smallest absolute Gasteiger partial charge is 0.416 e. The van der Waals surface area contributed by atoms with Gasteiger partial charge in [0.25, 0.3) is 0 Å². The van der Waals surface area contributed by atoms with Gasteiger partial charge < -0.3 is 9.94 Å². The fraction of sp³-hybridized carbons (Fsp3) is 0.0667. The van der Waals surface area contributed by atoms with Gasteiger partial charge in [-0.15, -0.1) is 4.73 Å². The number of benzene rings is 2.